The lowest BCUT2D eigenvalue weighted by molar-refractivity contribution is -0.132. The van der Waals surface area contributed by atoms with Crippen LogP contribution >= 0.6 is 34.7 Å². The second-order valence-electron chi connectivity index (χ2n) is 12.6. The Kier molecular flexibility index (Phi) is 11.8. The van der Waals surface area contributed by atoms with Crippen molar-refractivity contribution in [3.8, 4) is 17.2 Å². The van der Waals surface area contributed by atoms with Crippen molar-refractivity contribution >= 4 is 57.3 Å². The Bertz CT molecular complexity index is 2080. The van der Waals surface area contributed by atoms with Gasteiger partial charge in [-0.2, -0.15) is 0 Å². The van der Waals surface area contributed by atoms with Crippen molar-refractivity contribution in [2.75, 3.05) is 18.6 Å². The fourth-order valence-electron chi connectivity index (χ4n) is 5.60. The third kappa shape index (κ3) is 8.44. The molecule has 4 aromatic carbocycles. The van der Waals surface area contributed by atoms with Gasteiger partial charge in [-0.3, -0.25) is 14.5 Å². The zero-order chi connectivity index (χ0) is 36.8. The van der Waals surface area contributed by atoms with E-state index in [1.807, 2.05) is 55.5 Å². The van der Waals surface area contributed by atoms with Gasteiger partial charge in [0.05, 0.1) is 25.3 Å². The summed E-state index contributed by atoms with van der Waals surface area (Å²) in [7, 11) is 1.53. The van der Waals surface area contributed by atoms with Crippen molar-refractivity contribution in [3.05, 3.63) is 129 Å². The third-order valence-corrected chi connectivity index (χ3v) is 10.9. The van der Waals surface area contributed by atoms with Crippen LogP contribution in [0.3, 0.4) is 0 Å². The predicted octanol–water partition coefficient (Wildman–Crippen LogP) is 9.43. The fraction of sp³-hybridized carbons (Fsp3) is 0.250. The van der Waals surface area contributed by atoms with Crippen LogP contribution in [0.5, 0.6) is 17.2 Å². The summed E-state index contributed by atoms with van der Waals surface area (Å²) in [6, 6.07) is 26.5. The molecule has 0 saturated carbocycles. The van der Waals surface area contributed by atoms with Crippen molar-refractivity contribution in [3.63, 3.8) is 0 Å². The number of nitrogens with zero attached hydrogens (tertiary/aromatic N) is 3. The lowest BCUT2D eigenvalue weighted by Gasteiger charge is -2.23. The molecule has 1 fully saturated rings. The summed E-state index contributed by atoms with van der Waals surface area (Å²) in [6.07, 6.45) is 0.857. The van der Waals surface area contributed by atoms with Crippen LogP contribution in [0.25, 0.3) is 5.76 Å². The van der Waals surface area contributed by atoms with Gasteiger partial charge in [0.15, 0.2) is 15.8 Å². The number of hydrogen-bond donors (Lipinski definition) is 1. The first kappa shape index (κ1) is 36.9. The number of Topliss-reactive ketones (excluding diaryl/α,β-unsaturated/α-hetero) is 1. The maximum Gasteiger partial charge on any atom is 0.301 e. The van der Waals surface area contributed by atoms with E-state index >= 15 is 0 Å². The van der Waals surface area contributed by atoms with Crippen LogP contribution in [0.4, 0.5) is 5.13 Å². The average molecular weight is 756 g/mol. The number of aryl methyl sites for hydroxylation is 1. The minimum atomic E-state index is -1.03. The van der Waals surface area contributed by atoms with Crippen LogP contribution in [-0.2, 0) is 21.9 Å². The molecule has 0 spiro atoms. The lowest BCUT2D eigenvalue weighted by Crippen LogP contribution is -2.29. The van der Waals surface area contributed by atoms with Crippen molar-refractivity contribution in [2.24, 2.45) is 5.92 Å². The largest absolute Gasteiger partial charge is 0.507 e. The summed E-state index contributed by atoms with van der Waals surface area (Å²) in [6.45, 7) is 7.14. The Morgan fingerprint density at radius 1 is 0.962 bits per heavy atom. The Hall–Kier alpha value is -4.84. The number of halogens is 1. The zero-order valence-electron chi connectivity index (χ0n) is 29.2. The van der Waals surface area contributed by atoms with Gasteiger partial charge < -0.3 is 19.3 Å². The number of aliphatic hydroxyl groups excluding tert-OH is 1. The minimum Gasteiger partial charge on any atom is -0.507 e. The predicted molar refractivity (Wildman–Crippen MR) is 206 cm³/mol. The van der Waals surface area contributed by atoms with Gasteiger partial charge >= 0.3 is 5.91 Å². The highest BCUT2D eigenvalue weighted by atomic mass is 35.5. The topological polar surface area (TPSA) is 111 Å². The molecule has 1 aliphatic rings. The Balaban J connectivity index is 1.34. The molecule has 9 nitrogen and oxygen atoms in total. The van der Waals surface area contributed by atoms with E-state index in [1.165, 1.54) is 35.1 Å². The molecule has 1 N–H and O–H groups in total. The molecule has 0 radical (unpaired) electrons. The number of thioether (sulfide) groups is 1. The smallest absolute Gasteiger partial charge is 0.301 e. The molecule has 1 atom stereocenters. The maximum atomic E-state index is 13.9. The van der Waals surface area contributed by atoms with Crippen LogP contribution in [0.2, 0.25) is 5.02 Å². The quantitative estimate of drug-likeness (QED) is 0.0390. The van der Waals surface area contributed by atoms with Crippen molar-refractivity contribution in [2.45, 2.75) is 49.9 Å². The molecule has 6 rings (SSSR count). The molecular formula is C40H38ClN3O6S2. The van der Waals surface area contributed by atoms with Gasteiger partial charge in [-0.25, -0.2) is 0 Å². The van der Waals surface area contributed by atoms with Gasteiger partial charge in [-0.1, -0.05) is 91.0 Å². The first-order valence-electron chi connectivity index (χ1n) is 16.7. The highest BCUT2D eigenvalue weighted by molar-refractivity contribution is 8.00. The number of ketones is 1. The maximum absolute atomic E-state index is 13.9. The van der Waals surface area contributed by atoms with Crippen molar-refractivity contribution in [1.29, 1.82) is 0 Å². The average Bonchev–Trinajstić information content (AvgIpc) is 3.72. The fourth-order valence-corrected chi connectivity index (χ4v) is 7.55. The number of carbonyl (C=O) groups is 2. The van der Waals surface area contributed by atoms with E-state index in [1.54, 1.807) is 42.5 Å². The summed E-state index contributed by atoms with van der Waals surface area (Å²) in [5.74, 6) is 0.617. The molecule has 1 aromatic heterocycles. The third-order valence-electron chi connectivity index (χ3n) is 8.56. The van der Waals surface area contributed by atoms with E-state index in [0.29, 0.717) is 62.6 Å². The van der Waals surface area contributed by atoms with E-state index in [9.17, 15) is 14.7 Å². The zero-order valence-corrected chi connectivity index (χ0v) is 31.6. The first-order valence-corrected chi connectivity index (χ1v) is 18.9. The first-order chi connectivity index (χ1) is 25.1. The summed E-state index contributed by atoms with van der Waals surface area (Å²) in [5, 5.41) is 21.3. The van der Waals surface area contributed by atoms with Gasteiger partial charge in [0.2, 0.25) is 5.13 Å². The van der Waals surface area contributed by atoms with Gasteiger partial charge in [-0.05, 0) is 90.0 Å². The Morgan fingerprint density at radius 3 is 2.42 bits per heavy atom. The highest BCUT2D eigenvalue weighted by Gasteiger charge is 2.48. The molecule has 268 valence electrons. The van der Waals surface area contributed by atoms with Crippen LogP contribution in [0, 0.1) is 12.8 Å². The number of rotatable bonds is 14. The number of ether oxygens (including phenoxy) is 3. The molecule has 2 heterocycles. The molecule has 1 amide bonds. The number of methoxy groups -OCH3 is 1. The Labute approximate surface area is 316 Å². The molecule has 12 heteroatoms. The van der Waals surface area contributed by atoms with E-state index < -0.39 is 17.7 Å². The van der Waals surface area contributed by atoms with Gasteiger partial charge in [0, 0.05) is 16.3 Å². The number of benzene rings is 4. The second kappa shape index (κ2) is 16.7. The van der Waals surface area contributed by atoms with Crippen LogP contribution in [0.15, 0.2) is 101 Å². The molecule has 0 bridgehead atoms. The summed E-state index contributed by atoms with van der Waals surface area (Å²) in [5.41, 5.74) is 4.02. The summed E-state index contributed by atoms with van der Waals surface area (Å²) >= 11 is 8.68. The number of carbonyl (C=O) groups excluding carboxylic acids is 2. The van der Waals surface area contributed by atoms with E-state index in [2.05, 4.69) is 24.0 Å². The van der Waals surface area contributed by atoms with Crippen molar-refractivity contribution < 1.29 is 28.9 Å². The minimum absolute atomic E-state index is 0.0836. The molecule has 1 saturated heterocycles. The standard InChI is InChI=1S/C40H38ClN3O6S2/c1-24(2)19-20-49-32-18-13-28(21-33(32)48-4)35-34(36(45)27-11-16-31(17-12-27)50-22-29-8-6-5-7-25(29)3)37(46)38(47)44(35)39-42-43-40(52-39)51-23-26-9-14-30(41)15-10-26/h5-18,21,24,35,45H,19-20,22-23H2,1-4H3/b36-34+. The number of amides is 1. The van der Waals surface area contributed by atoms with E-state index in [-0.39, 0.29) is 16.5 Å². The van der Waals surface area contributed by atoms with Gasteiger partial charge in [-0.15, -0.1) is 10.2 Å². The summed E-state index contributed by atoms with van der Waals surface area (Å²) in [4.78, 5) is 29.0. The van der Waals surface area contributed by atoms with Crippen LogP contribution in [-0.4, -0.2) is 40.7 Å². The van der Waals surface area contributed by atoms with E-state index in [0.717, 1.165) is 23.1 Å². The second-order valence-corrected chi connectivity index (χ2v) is 15.2. The highest BCUT2D eigenvalue weighted by Crippen LogP contribution is 2.46. The molecule has 1 unspecified atom stereocenters. The molecule has 0 aliphatic carbocycles. The SMILES string of the molecule is COc1cc(C2/C(=C(\O)c3ccc(OCc4ccccc4C)cc3)C(=O)C(=O)N2c2nnc(SCc3ccc(Cl)cc3)s2)ccc1OCCC(C)C. The number of hydrogen-bond acceptors (Lipinski definition) is 10. The van der Waals surface area contributed by atoms with Crippen LogP contribution in [0.1, 0.15) is 54.1 Å². The molecule has 52 heavy (non-hydrogen) atoms. The number of aliphatic hydroxyl groups is 1. The van der Waals surface area contributed by atoms with Crippen LogP contribution < -0.4 is 19.1 Å². The number of aromatic nitrogens is 2. The lowest BCUT2D eigenvalue weighted by atomic mass is 9.95. The summed E-state index contributed by atoms with van der Waals surface area (Å²) < 4.78 is 18.3. The van der Waals surface area contributed by atoms with Gasteiger partial charge in [0.1, 0.15) is 18.1 Å². The monoisotopic (exact) mass is 755 g/mol. The number of anilines is 1. The van der Waals surface area contributed by atoms with Crippen molar-refractivity contribution in [1.82, 2.24) is 10.2 Å². The van der Waals surface area contributed by atoms with Gasteiger partial charge in [0.25, 0.3) is 5.78 Å². The molecular weight excluding hydrogens is 718 g/mol. The Morgan fingerprint density at radius 2 is 1.71 bits per heavy atom. The van der Waals surface area contributed by atoms with E-state index in [4.69, 9.17) is 25.8 Å². The normalized spacial score (nSPS) is 15.3. The molecule has 1 aliphatic heterocycles. The molecule has 5 aromatic rings.